The fourth-order valence-corrected chi connectivity index (χ4v) is 2.96. The maximum Gasteiger partial charge on any atom is 0.223 e. The van der Waals surface area contributed by atoms with Crippen LogP contribution in [0.2, 0.25) is 0 Å². The molecule has 1 N–H and O–H groups in total. The molecule has 1 aromatic rings. The van der Waals surface area contributed by atoms with Crippen LogP contribution in [-0.4, -0.2) is 30.3 Å². The van der Waals surface area contributed by atoms with Gasteiger partial charge in [0.2, 0.25) is 11.8 Å². The molecule has 2 amide bonds. The Labute approximate surface area is 130 Å². The Balaban J connectivity index is 1.87. The SMILES string of the molecule is CNC(=O)CCCCC(=O)N1CCC[C@H]1c1cccc(F)c1. The van der Waals surface area contributed by atoms with Gasteiger partial charge in [-0.1, -0.05) is 12.1 Å². The minimum atomic E-state index is -0.262. The number of hydrogen-bond acceptors (Lipinski definition) is 2. The lowest BCUT2D eigenvalue weighted by Gasteiger charge is -2.25. The number of carbonyl (C=O) groups excluding carboxylic acids is 2. The number of unbranched alkanes of at least 4 members (excludes halogenated alkanes) is 1. The summed E-state index contributed by atoms with van der Waals surface area (Å²) in [6.45, 7) is 0.732. The molecule has 0 aromatic heterocycles. The molecule has 1 aliphatic heterocycles. The van der Waals surface area contributed by atoms with Crippen molar-refractivity contribution in [2.45, 2.75) is 44.6 Å². The van der Waals surface area contributed by atoms with Gasteiger partial charge in [-0.3, -0.25) is 9.59 Å². The first kappa shape index (κ1) is 16.5. The second kappa shape index (κ2) is 7.92. The molecule has 1 fully saturated rings. The molecular formula is C17H23FN2O2. The number of hydrogen-bond donors (Lipinski definition) is 1. The van der Waals surface area contributed by atoms with Crippen LogP contribution in [0.4, 0.5) is 4.39 Å². The predicted molar refractivity (Wildman–Crippen MR) is 82.6 cm³/mol. The van der Waals surface area contributed by atoms with Crippen LogP contribution in [0.15, 0.2) is 24.3 Å². The van der Waals surface area contributed by atoms with Gasteiger partial charge in [-0.15, -0.1) is 0 Å². The van der Waals surface area contributed by atoms with E-state index in [4.69, 9.17) is 0 Å². The summed E-state index contributed by atoms with van der Waals surface area (Å²) in [5.41, 5.74) is 0.871. The van der Waals surface area contributed by atoms with Crippen LogP contribution in [0, 0.1) is 5.82 Å². The number of likely N-dealkylation sites (tertiary alicyclic amines) is 1. The van der Waals surface area contributed by atoms with Gasteiger partial charge in [0.25, 0.3) is 0 Å². The van der Waals surface area contributed by atoms with E-state index in [1.165, 1.54) is 12.1 Å². The monoisotopic (exact) mass is 306 g/mol. The first-order chi connectivity index (χ1) is 10.6. The molecular weight excluding hydrogens is 283 g/mol. The lowest BCUT2D eigenvalue weighted by molar-refractivity contribution is -0.132. The highest BCUT2D eigenvalue weighted by Crippen LogP contribution is 2.32. The van der Waals surface area contributed by atoms with E-state index in [0.717, 1.165) is 24.9 Å². The van der Waals surface area contributed by atoms with E-state index in [9.17, 15) is 14.0 Å². The zero-order chi connectivity index (χ0) is 15.9. The van der Waals surface area contributed by atoms with Crippen molar-refractivity contribution in [2.75, 3.05) is 13.6 Å². The molecule has 5 heteroatoms. The predicted octanol–water partition coefficient (Wildman–Crippen LogP) is 2.80. The van der Waals surface area contributed by atoms with Crippen molar-refractivity contribution in [1.29, 1.82) is 0 Å². The van der Waals surface area contributed by atoms with Crippen LogP contribution in [0.3, 0.4) is 0 Å². The van der Waals surface area contributed by atoms with Gasteiger partial charge in [0.1, 0.15) is 5.82 Å². The molecule has 0 radical (unpaired) electrons. The van der Waals surface area contributed by atoms with Gasteiger partial charge in [0.15, 0.2) is 0 Å². The summed E-state index contributed by atoms with van der Waals surface area (Å²) in [6.07, 6.45) is 4.15. The Morgan fingerprint density at radius 1 is 1.32 bits per heavy atom. The van der Waals surface area contributed by atoms with E-state index >= 15 is 0 Å². The number of amides is 2. The van der Waals surface area contributed by atoms with Crippen LogP contribution >= 0.6 is 0 Å². The maximum atomic E-state index is 13.4. The minimum Gasteiger partial charge on any atom is -0.359 e. The molecule has 2 rings (SSSR count). The number of nitrogens with zero attached hydrogens (tertiary/aromatic N) is 1. The Hall–Kier alpha value is -1.91. The van der Waals surface area contributed by atoms with E-state index in [1.807, 2.05) is 11.0 Å². The number of halogens is 1. The first-order valence-electron chi connectivity index (χ1n) is 7.87. The van der Waals surface area contributed by atoms with Gasteiger partial charge in [-0.2, -0.15) is 0 Å². The molecule has 1 aliphatic rings. The first-order valence-corrected chi connectivity index (χ1v) is 7.87. The van der Waals surface area contributed by atoms with Crippen LogP contribution in [0.25, 0.3) is 0 Å². The lowest BCUT2D eigenvalue weighted by atomic mass is 10.0. The second-order valence-electron chi connectivity index (χ2n) is 5.68. The smallest absolute Gasteiger partial charge is 0.223 e. The normalized spacial score (nSPS) is 17.5. The Bertz CT molecular complexity index is 533. The van der Waals surface area contributed by atoms with Gasteiger partial charge in [0, 0.05) is 26.4 Å². The number of rotatable bonds is 6. The van der Waals surface area contributed by atoms with Gasteiger partial charge in [0.05, 0.1) is 6.04 Å². The van der Waals surface area contributed by atoms with E-state index in [1.54, 1.807) is 13.1 Å². The van der Waals surface area contributed by atoms with E-state index in [-0.39, 0.29) is 23.7 Å². The van der Waals surface area contributed by atoms with E-state index in [0.29, 0.717) is 25.7 Å². The molecule has 1 aromatic carbocycles. The van der Waals surface area contributed by atoms with Crippen LogP contribution < -0.4 is 5.32 Å². The molecule has 1 saturated heterocycles. The zero-order valence-electron chi connectivity index (χ0n) is 13.0. The Morgan fingerprint density at radius 2 is 2.09 bits per heavy atom. The molecule has 0 aliphatic carbocycles. The van der Waals surface area contributed by atoms with Crippen molar-refractivity contribution in [1.82, 2.24) is 10.2 Å². The van der Waals surface area contributed by atoms with E-state index in [2.05, 4.69) is 5.32 Å². The Morgan fingerprint density at radius 3 is 2.82 bits per heavy atom. The fourth-order valence-electron chi connectivity index (χ4n) is 2.96. The second-order valence-corrected chi connectivity index (χ2v) is 5.68. The summed E-state index contributed by atoms with van der Waals surface area (Å²) < 4.78 is 13.4. The van der Waals surface area contributed by atoms with Gasteiger partial charge >= 0.3 is 0 Å². The maximum absolute atomic E-state index is 13.4. The third kappa shape index (κ3) is 4.29. The minimum absolute atomic E-state index is 0.00580. The Kier molecular flexibility index (Phi) is 5.92. The highest BCUT2D eigenvalue weighted by atomic mass is 19.1. The summed E-state index contributed by atoms with van der Waals surface area (Å²) in [6, 6.07) is 6.49. The van der Waals surface area contributed by atoms with Crippen LogP contribution in [0.1, 0.15) is 50.1 Å². The average molecular weight is 306 g/mol. The van der Waals surface area contributed by atoms with Crippen molar-refractivity contribution in [3.05, 3.63) is 35.6 Å². The molecule has 4 nitrogen and oxygen atoms in total. The molecule has 0 bridgehead atoms. The summed E-state index contributed by atoms with van der Waals surface area (Å²) in [4.78, 5) is 25.4. The standard InChI is InChI=1S/C17H23FN2O2/c1-19-16(21)9-2-3-10-17(22)20-11-5-8-15(20)13-6-4-7-14(18)12-13/h4,6-7,12,15H,2-3,5,8-11H2,1H3,(H,19,21)/t15-/m0/s1. The van der Waals surface area contributed by atoms with E-state index < -0.39 is 0 Å². The van der Waals surface area contributed by atoms with Crippen molar-refractivity contribution in [3.8, 4) is 0 Å². The summed E-state index contributed by atoms with van der Waals surface area (Å²) in [7, 11) is 1.61. The summed E-state index contributed by atoms with van der Waals surface area (Å²) >= 11 is 0. The lowest BCUT2D eigenvalue weighted by Crippen LogP contribution is -2.30. The van der Waals surface area contributed by atoms with Crippen molar-refractivity contribution >= 4 is 11.8 Å². The van der Waals surface area contributed by atoms with Gasteiger partial charge in [-0.25, -0.2) is 4.39 Å². The largest absolute Gasteiger partial charge is 0.359 e. The molecule has 120 valence electrons. The van der Waals surface area contributed by atoms with Crippen molar-refractivity contribution in [2.24, 2.45) is 0 Å². The third-order valence-corrected chi connectivity index (χ3v) is 4.13. The van der Waals surface area contributed by atoms with Crippen LogP contribution in [0.5, 0.6) is 0 Å². The van der Waals surface area contributed by atoms with Gasteiger partial charge < -0.3 is 10.2 Å². The van der Waals surface area contributed by atoms with Gasteiger partial charge in [-0.05, 0) is 43.4 Å². The van der Waals surface area contributed by atoms with Crippen LogP contribution in [-0.2, 0) is 9.59 Å². The number of benzene rings is 1. The molecule has 0 spiro atoms. The van der Waals surface area contributed by atoms with Crippen molar-refractivity contribution < 1.29 is 14.0 Å². The number of nitrogens with one attached hydrogen (secondary N) is 1. The highest BCUT2D eigenvalue weighted by molar-refractivity contribution is 5.77. The summed E-state index contributed by atoms with van der Waals surface area (Å²) in [5.74, 6) is -0.155. The zero-order valence-corrected chi connectivity index (χ0v) is 13.0. The fraction of sp³-hybridized carbons (Fsp3) is 0.529. The molecule has 0 unspecified atom stereocenters. The molecule has 1 heterocycles. The molecule has 22 heavy (non-hydrogen) atoms. The third-order valence-electron chi connectivity index (χ3n) is 4.13. The molecule has 0 saturated carbocycles. The highest BCUT2D eigenvalue weighted by Gasteiger charge is 2.29. The summed E-state index contributed by atoms with van der Waals surface area (Å²) in [5, 5.41) is 2.57. The number of carbonyl (C=O) groups is 2. The van der Waals surface area contributed by atoms with Crippen molar-refractivity contribution in [3.63, 3.8) is 0 Å². The topological polar surface area (TPSA) is 49.4 Å². The molecule has 1 atom stereocenters. The quantitative estimate of drug-likeness (QED) is 0.822. The average Bonchev–Trinajstić information content (AvgIpc) is 3.00.